The minimum atomic E-state index is -0.338. The molecule has 0 atom stereocenters. The highest BCUT2D eigenvalue weighted by Gasteiger charge is 2.14. The molecular formula is C14H18N6O2S. The van der Waals surface area contributed by atoms with Crippen LogP contribution in [0.25, 0.3) is 10.2 Å². The van der Waals surface area contributed by atoms with E-state index in [-0.39, 0.29) is 30.9 Å². The zero-order chi connectivity index (χ0) is 17.0. The molecule has 23 heavy (non-hydrogen) atoms. The number of aromatic nitrogens is 1. The first-order valence-electron chi connectivity index (χ1n) is 6.84. The Labute approximate surface area is 137 Å². The standard InChI is InChI=1S/C14H18N6O2S/c1-8-3-4-9-10(5-8)23-14(18-9)19-11(21)7-20(2)12(22)6-17-13(15)16/h3-5H,6-7H2,1-2H3,(H4,15,16,17)(H,18,19,21). The lowest BCUT2D eigenvalue weighted by Crippen LogP contribution is -2.43. The molecule has 0 aliphatic rings. The van der Waals surface area contributed by atoms with E-state index in [2.05, 4.69) is 15.6 Å². The summed E-state index contributed by atoms with van der Waals surface area (Å²) in [6.45, 7) is 1.76. The van der Waals surface area contributed by atoms with Gasteiger partial charge in [0.05, 0.1) is 23.3 Å². The van der Waals surface area contributed by atoms with Crippen LogP contribution in [0.5, 0.6) is 0 Å². The summed E-state index contributed by atoms with van der Waals surface area (Å²) >= 11 is 1.39. The van der Waals surface area contributed by atoms with Crippen molar-refractivity contribution in [3.8, 4) is 0 Å². The molecule has 0 unspecified atom stereocenters. The fraction of sp³-hybridized carbons (Fsp3) is 0.286. The number of guanidine groups is 1. The van der Waals surface area contributed by atoms with Gasteiger partial charge in [0.25, 0.3) is 0 Å². The van der Waals surface area contributed by atoms with Gasteiger partial charge >= 0.3 is 0 Å². The van der Waals surface area contributed by atoms with Crippen LogP contribution in [0, 0.1) is 12.3 Å². The Hall–Kier alpha value is -2.68. The van der Waals surface area contributed by atoms with E-state index in [0.29, 0.717) is 5.13 Å². The monoisotopic (exact) mass is 334 g/mol. The summed E-state index contributed by atoms with van der Waals surface area (Å²) in [7, 11) is 1.51. The van der Waals surface area contributed by atoms with E-state index in [1.165, 1.54) is 23.3 Å². The van der Waals surface area contributed by atoms with Crippen LogP contribution in [0.1, 0.15) is 5.56 Å². The summed E-state index contributed by atoms with van der Waals surface area (Å²) in [4.78, 5) is 29.3. The van der Waals surface area contributed by atoms with Crippen LogP contribution in [0.4, 0.5) is 5.13 Å². The number of benzene rings is 1. The Balaban J connectivity index is 1.92. The highest BCUT2D eigenvalue weighted by atomic mass is 32.1. The first-order valence-corrected chi connectivity index (χ1v) is 7.65. The van der Waals surface area contributed by atoms with Gasteiger partial charge in [0.15, 0.2) is 11.1 Å². The van der Waals surface area contributed by atoms with Crippen LogP contribution in [-0.2, 0) is 9.59 Å². The molecule has 0 radical (unpaired) electrons. The van der Waals surface area contributed by atoms with E-state index >= 15 is 0 Å². The molecule has 0 spiro atoms. The van der Waals surface area contributed by atoms with E-state index in [9.17, 15) is 9.59 Å². The lowest BCUT2D eigenvalue weighted by molar-refractivity contribution is -0.132. The van der Waals surface area contributed by atoms with Crippen LogP contribution in [0.2, 0.25) is 0 Å². The number of nitrogens with zero attached hydrogens (tertiary/aromatic N) is 2. The van der Waals surface area contributed by atoms with E-state index < -0.39 is 0 Å². The lowest BCUT2D eigenvalue weighted by atomic mass is 10.2. The van der Waals surface area contributed by atoms with Crippen molar-refractivity contribution in [3.05, 3.63) is 23.8 Å². The molecule has 1 aromatic carbocycles. The summed E-state index contributed by atoms with van der Waals surface area (Å²) < 4.78 is 0.996. The number of fused-ring (bicyclic) bond motifs is 1. The maximum absolute atomic E-state index is 12.0. The second-order valence-corrected chi connectivity index (χ2v) is 6.09. The average molecular weight is 334 g/mol. The largest absolute Gasteiger partial charge is 0.370 e. The lowest BCUT2D eigenvalue weighted by Gasteiger charge is -2.16. The third-order valence-electron chi connectivity index (χ3n) is 3.03. The zero-order valence-electron chi connectivity index (χ0n) is 12.8. The smallest absolute Gasteiger partial charge is 0.245 e. The van der Waals surface area contributed by atoms with Gasteiger partial charge in [-0.1, -0.05) is 17.4 Å². The van der Waals surface area contributed by atoms with Gasteiger partial charge in [-0.05, 0) is 24.6 Å². The molecule has 1 heterocycles. The predicted octanol–water partition coefficient (Wildman–Crippen LogP) is 0.485. The minimum Gasteiger partial charge on any atom is -0.370 e. The number of carbonyl (C=O) groups is 2. The third kappa shape index (κ3) is 4.65. The van der Waals surface area contributed by atoms with Gasteiger partial charge in [0.2, 0.25) is 11.8 Å². The van der Waals surface area contributed by atoms with Crippen molar-refractivity contribution in [3.63, 3.8) is 0 Å². The van der Waals surface area contributed by atoms with Crippen LogP contribution < -0.4 is 16.4 Å². The summed E-state index contributed by atoms with van der Waals surface area (Å²) in [6.07, 6.45) is 0. The fourth-order valence-electron chi connectivity index (χ4n) is 1.85. The fourth-order valence-corrected chi connectivity index (χ4v) is 2.83. The molecule has 0 aliphatic carbocycles. The van der Waals surface area contributed by atoms with Crippen molar-refractivity contribution in [1.29, 1.82) is 5.41 Å². The molecule has 5 N–H and O–H groups in total. The number of nitrogens with one attached hydrogen (secondary N) is 3. The molecule has 0 aliphatic heterocycles. The number of aryl methyl sites for hydroxylation is 1. The Morgan fingerprint density at radius 1 is 1.43 bits per heavy atom. The number of hydrogen-bond donors (Lipinski definition) is 4. The van der Waals surface area contributed by atoms with Crippen LogP contribution >= 0.6 is 11.3 Å². The molecule has 9 heteroatoms. The highest BCUT2D eigenvalue weighted by Crippen LogP contribution is 2.26. The number of anilines is 1. The Morgan fingerprint density at radius 2 is 2.17 bits per heavy atom. The molecule has 1 aromatic heterocycles. The second kappa shape index (κ2) is 7.05. The van der Waals surface area contributed by atoms with Crippen LogP contribution in [0.15, 0.2) is 18.2 Å². The maximum Gasteiger partial charge on any atom is 0.245 e. The minimum absolute atomic E-state index is 0.104. The summed E-state index contributed by atoms with van der Waals surface area (Å²) in [5.74, 6) is -0.962. The van der Waals surface area contributed by atoms with Gasteiger partial charge in [-0.2, -0.15) is 0 Å². The summed E-state index contributed by atoms with van der Waals surface area (Å²) in [6, 6.07) is 5.87. The maximum atomic E-state index is 12.0. The van der Waals surface area contributed by atoms with E-state index in [1.54, 1.807) is 0 Å². The number of thiazole rings is 1. The topological polar surface area (TPSA) is 124 Å². The van der Waals surface area contributed by atoms with E-state index in [4.69, 9.17) is 11.1 Å². The van der Waals surface area contributed by atoms with Gasteiger partial charge in [-0.25, -0.2) is 4.98 Å². The molecular weight excluding hydrogens is 316 g/mol. The number of hydrogen-bond acceptors (Lipinski definition) is 5. The first kappa shape index (κ1) is 16.7. The van der Waals surface area contributed by atoms with Crippen LogP contribution in [0.3, 0.4) is 0 Å². The summed E-state index contributed by atoms with van der Waals surface area (Å²) in [5.41, 5.74) is 7.06. The van der Waals surface area contributed by atoms with Gasteiger partial charge in [-0.3, -0.25) is 15.0 Å². The van der Waals surface area contributed by atoms with Crippen LogP contribution in [-0.4, -0.2) is 47.8 Å². The van der Waals surface area contributed by atoms with Crippen molar-refractivity contribution in [2.45, 2.75) is 6.92 Å². The van der Waals surface area contributed by atoms with Crippen molar-refractivity contribution in [2.24, 2.45) is 5.73 Å². The molecule has 0 saturated carbocycles. The van der Waals surface area contributed by atoms with Gasteiger partial charge in [-0.15, -0.1) is 0 Å². The Kier molecular flexibility index (Phi) is 5.12. The molecule has 0 bridgehead atoms. The van der Waals surface area contributed by atoms with Crippen molar-refractivity contribution in [1.82, 2.24) is 15.2 Å². The zero-order valence-corrected chi connectivity index (χ0v) is 13.7. The number of rotatable bonds is 5. The molecule has 2 amide bonds. The summed E-state index contributed by atoms with van der Waals surface area (Å²) in [5, 5.41) is 12.6. The van der Waals surface area contributed by atoms with Gasteiger partial charge in [0, 0.05) is 7.05 Å². The quantitative estimate of drug-likeness (QED) is 0.468. The van der Waals surface area contributed by atoms with E-state index in [1.807, 2.05) is 25.1 Å². The predicted molar refractivity (Wildman–Crippen MR) is 90.5 cm³/mol. The van der Waals surface area contributed by atoms with Gasteiger partial charge < -0.3 is 21.3 Å². The van der Waals surface area contributed by atoms with Gasteiger partial charge in [0.1, 0.15) is 0 Å². The molecule has 8 nitrogen and oxygen atoms in total. The van der Waals surface area contributed by atoms with E-state index in [0.717, 1.165) is 15.8 Å². The third-order valence-corrected chi connectivity index (χ3v) is 3.96. The van der Waals surface area contributed by atoms with Crippen molar-refractivity contribution in [2.75, 3.05) is 25.5 Å². The molecule has 0 saturated heterocycles. The second-order valence-electron chi connectivity index (χ2n) is 5.06. The molecule has 0 fully saturated rings. The SMILES string of the molecule is Cc1ccc2nc(NC(=O)CN(C)C(=O)CNC(=N)N)sc2c1. The first-order chi connectivity index (χ1) is 10.8. The number of likely N-dealkylation sites (N-methyl/N-ethyl adjacent to an activating group) is 1. The molecule has 122 valence electrons. The average Bonchev–Trinajstić information content (AvgIpc) is 2.85. The molecule has 2 aromatic rings. The number of carbonyl (C=O) groups excluding carboxylic acids is 2. The normalized spacial score (nSPS) is 10.3. The Bertz CT molecular complexity index is 757. The Morgan fingerprint density at radius 3 is 2.87 bits per heavy atom. The highest BCUT2D eigenvalue weighted by molar-refractivity contribution is 7.22. The molecule has 2 rings (SSSR count). The van der Waals surface area contributed by atoms with Crippen molar-refractivity contribution >= 4 is 44.5 Å². The van der Waals surface area contributed by atoms with Crippen molar-refractivity contribution < 1.29 is 9.59 Å². The number of amides is 2. The number of nitrogens with two attached hydrogens (primary N) is 1.